The second-order valence-electron chi connectivity index (χ2n) is 9.59. The molecule has 46 heavy (non-hydrogen) atoms. The highest BCUT2D eigenvalue weighted by Crippen LogP contribution is 2.22. The Balaban J connectivity index is 0.000000137. The number of nitrogens with zero attached hydrogens (tertiary/aromatic N) is 4. The van der Waals surface area contributed by atoms with Crippen LogP contribution in [-0.4, -0.2) is 64.2 Å². The van der Waals surface area contributed by atoms with Gasteiger partial charge in [0.15, 0.2) is 0 Å². The molecule has 0 aliphatic rings. The lowest BCUT2D eigenvalue weighted by Crippen LogP contribution is -2.15. The van der Waals surface area contributed by atoms with E-state index in [0.717, 1.165) is 43.6 Å². The Hall–Kier alpha value is -6.82. The summed E-state index contributed by atoms with van der Waals surface area (Å²) < 4.78 is 0. The van der Waals surface area contributed by atoms with Crippen molar-refractivity contribution in [2.24, 2.45) is 0 Å². The molecule has 226 valence electrons. The highest BCUT2D eigenvalue weighted by molar-refractivity contribution is 6.09. The number of fused-ring (bicyclic) bond motifs is 6. The summed E-state index contributed by atoms with van der Waals surface area (Å²) >= 11 is 0. The maximum Gasteiger partial charge on any atom is 0.336 e. The van der Waals surface area contributed by atoms with Crippen molar-refractivity contribution >= 4 is 67.5 Å². The third kappa shape index (κ3) is 6.40. The van der Waals surface area contributed by atoms with Crippen molar-refractivity contribution in [2.75, 3.05) is 0 Å². The fraction of sp³-hybridized carbons (Fsp3) is 0. The van der Waals surface area contributed by atoms with Crippen LogP contribution >= 0.6 is 0 Å². The van der Waals surface area contributed by atoms with Gasteiger partial charge in [0.2, 0.25) is 0 Å². The maximum atomic E-state index is 10.8. The van der Waals surface area contributed by atoms with Crippen LogP contribution in [-0.2, 0) is 0 Å². The Bertz CT molecular complexity index is 1990. The molecule has 0 spiro atoms. The van der Waals surface area contributed by atoms with Gasteiger partial charge in [0, 0.05) is 46.3 Å². The Labute approximate surface area is 258 Å². The molecular weight excluding hydrogens is 592 g/mol. The van der Waals surface area contributed by atoms with Gasteiger partial charge in [-0.25, -0.2) is 19.2 Å². The van der Waals surface area contributed by atoms with Crippen molar-refractivity contribution in [3.63, 3.8) is 0 Å². The number of carbonyl (C=O) groups is 4. The summed E-state index contributed by atoms with van der Waals surface area (Å²) in [6.07, 6.45) is 7.23. The van der Waals surface area contributed by atoms with Crippen LogP contribution in [0.2, 0.25) is 0 Å². The third-order valence-corrected chi connectivity index (χ3v) is 6.79. The van der Waals surface area contributed by atoms with E-state index in [-0.39, 0.29) is 0 Å². The Morgan fingerprint density at radius 3 is 1.09 bits per heavy atom. The van der Waals surface area contributed by atoms with Crippen LogP contribution in [0.1, 0.15) is 41.4 Å². The van der Waals surface area contributed by atoms with Crippen molar-refractivity contribution < 1.29 is 39.6 Å². The Morgan fingerprint density at radius 2 is 0.739 bits per heavy atom. The first-order valence-corrected chi connectivity index (χ1v) is 13.4. The van der Waals surface area contributed by atoms with E-state index in [1.54, 1.807) is 12.4 Å². The van der Waals surface area contributed by atoms with Crippen LogP contribution in [0, 0.1) is 0 Å². The van der Waals surface area contributed by atoms with E-state index in [0.29, 0.717) is 12.1 Å². The van der Waals surface area contributed by atoms with Gasteiger partial charge in [-0.15, -0.1) is 0 Å². The first kappa shape index (κ1) is 30.6. The number of rotatable bonds is 4. The lowest BCUT2D eigenvalue weighted by molar-refractivity contribution is 0.0637. The largest absolute Gasteiger partial charge is 0.478 e. The fourth-order valence-corrected chi connectivity index (χ4v) is 4.70. The van der Waals surface area contributed by atoms with E-state index in [9.17, 15) is 19.2 Å². The van der Waals surface area contributed by atoms with Crippen LogP contribution < -0.4 is 0 Å². The number of hydrogen-bond donors (Lipinski definition) is 4. The number of pyridine rings is 4. The summed E-state index contributed by atoms with van der Waals surface area (Å²) in [7, 11) is 0. The molecule has 4 aromatic heterocycles. The second kappa shape index (κ2) is 13.2. The third-order valence-electron chi connectivity index (χ3n) is 6.79. The quantitative estimate of drug-likeness (QED) is 0.168. The number of benzene rings is 3. The second-order valence-corrected chi connectivity index (χ2v) is 9.59. The number of carboxylic acid groups (broad SMARTS) is 4. The van der Waals surface area contributed by atoms with E-state index in [1.807, 2.05) is 48.8 Å². The van der Waals surface area contributed by atoms with E-state index in [1.165, 1.54) is 0 Å². The van der Waals surface area contributed by atoms with Gasteiger partial charge in [-0.2, -0.15) is 0 Å². The lowest BCUT2D eigenvalue weighted by atomic mass is 9.98. The first-order chi connectivity index (χ1) is 22.2. The van der Waals surface area contributed by atoms with E-state index < -0.39 is 46.1 Å². The molecule has 0 saturated carbocycles. The molecule has 0 bridgehead atoms. The molecule has 3 aromatic carbocycles. The van der Waals surface area contributed by atoms with Gasteiger partial charge in [-0.05, 0) is 60.7 Å². The first-order valence-electron chi connectivity index (χ1n) is 13.4. The van der Waals surface area contributed by atoms with Crippen molar-refractivity contribution in [3.05, 3.63) is 132 Å². The zero-order chi connectivity index (χ0) is 32.8. The minimum atomic E-state index is -1.66. The van der Waals surface area contributed by atoms with Gasteiger partial charge in [0.1, 0.15) is 0 Å². The summed E-state index contributed by atoms with van der Waals surface area (Å²) in [5.41, 5.74) is 0.901. The summed E-state index contributed by atoms with van der Waals surface area (Å²) in [6.45, 7) is 0. The molecule has 0 aliphatic heterocycles. The van der Waals surface area contributed by atoms with Crippen LogP contribution in [0.15, 0.2) is 110 Å². The molecule has 12 nitrogen and oxygen atoms in total. The predicted molar refractivity (Wildman–Crippen MR) is 168 cm³/mol. The smallest absolute Gasteiger partial charge is 0.336 e. The molecule has 4 N–H and O–H groups in total. The summed E-state index contributed by atoms with van der Waals surface area (Å²) in [4.78, 5) is 60.4. The molecule has 0 radical (unpaired) electrons. The molecule has 0 fully saturated rings. The topological polar surface area (TPSA) is 201 Å². The van der Waals surface area contributed by atoms with Gasteiger partial charge in [-0.1, -0.05) is 24.3 Å². The van der Waals surface area contributed by atoms with Crippen molar-refractivity contribution in [2.45, 2.75) is 0 Å². The van der Waals surface area contributed by atoms with E-state index in [4.69, 9.17) is 20.4 Å². The van der Waals surface area contributed by atoms with Crippen LogP contribution in [0.4, 0.5) is 0 Å². The van der Waals surface area contributed by atoms with Gasteiger partial charge in [0.05, 0.1) is 44.3 Å². The fourth-order valence-electron chi connectivity index (χ4n) is 4.70. The van der Waals surface area contributed by atoms with Crippen molar-refractivity contribution in [1.82, 2.24) is 19.9 Å². The summed E-state index contributed by atoms with van der Waals surface area (Å²) in [6, 6.07) is 25.2. The number of aromatic nitrogens is 4. The average Bonchev–Trinajstić information content (AvgIpc) is 3.08. The van der Waals surface area contributed by atoms with Gasteiger partial charge >= 0.3 is 23.9 Å². The normalized spacial score (nSPS) is 10.4. The highest BCUT2D eigenvalue weighted by atomic mass is 16.4. The molecule has 7 aromatic rings. The van der Waals surface area contributed by atoms with E-state index in [2.05, 4.69) is 56.3 Å². The lowest BCUT2D eigenvalue weighted by Gasteiger charge is -2.06. The van der Waals surface area contributed by atoms with Crippen molar-refractivity contribution in [3.8, 4) is 0 Å². The zero-order valence-electron chi connectivity index (χ0n) is 23.6. The Kier molecular flexibility index (Phi) is 8.80. The summed E-state index contributed by atoms with van der Waals surface area (Å²) in [5, 5.41) is 39.5. The highest BCUT2D eigenvalue weighted by Gasteiger charge is 2.25. The molecule has 4 heterocycles. The van der Waals surface area contributed by atoms with Crippen LogP contribution in [0.25, 0.3) is 43.6 Å². The number of hydrogen-bond acceptors (Lipinski definition) is 8. The molecule has 0 amide bonds. The molecular formula is C34H22N4O8. The monoisotopic (exact) mass is 614 g/mol. The predicted octanol–water partition coefficient (Wildman–Crippen LogP) is 6.05. The molecule has 0 saturated heterocycles. The number of carboxylic acids is 4. The molecule has 0 unspecified atom stereocenters. The van der Waals surface area contributed by atoms with Gasteiger partial charge in [0.25, 0.3) is 0 Å². The summed E-state index contributed by atoms with van der Waals surface area (Å²) in [5.74, 6) is -6.64. The van der Waals surface area contributed by atoms with Crippen molar-refractivity contribution in [1.29, 1.82) is 0 Å². The standard InChI is InChI=1S/2C12H8N2.C10H6O8/c2*1-3-9-5-6-11-10(4-2-7-13-11)12(9)14-8-1;11-7(12)3-1-4(8(13)14)6(10(17)18)2-5(3)9(15)16/h2*1-8H;1-2H,(H,11,12)(H,13,14)(H,15,16)(H,17,18). The minimum absolute atomic E-state index is 0.511. The number of aromatic carboxylic acids is 4. The van der Waals surface area contributed by atoms with Crippen LogP contribution in [0.5, 0.6) is 0 Å². The molecule has 0 aliphatic carbocycles. The molecule has 0 atom stereocenters. The SMILES string of the molecule is O=C(O)c1cc(C(=O)O)c(C(=O)O)cc1C(=O)O.c1cnc2c(c1)ccc1ncccc12.c1cnc2c(c1)ccc1ncccc12. The minimum Gasteiger partial charge on any atom is -0.478 e. The Morgan fingerprint density at radius 1 is 0.413 bits per heavy atom. The van der Waals surface area contributed by atoms with E-state index >= 15 is 0 Å². The maximum absolute atomic E-state index is 10.8. The average molecular weight is 615 g/mol. The van der Waals surface area contributed by atoms with Crippen LogP contribution in [0.3, 0.4) is 0 Å². The van der Waals surface area contributed by atoms with Gasteiger partial charge < -0.3 is 20.4 Å². The molecule has 12 heteroatoms. The zero-order valence-corrected chi connectivity index (χ0v) is 23.6. The van der Waals surface area contributed by atoms with Gasteiger partial charge in [-0.3, -0.25) is 19.9 Å². The molecule has 7 rings (SSSR count).